The number of ketones is 1. The molecule has 2 N–H and O–H groups in total. The van der Waals surface area contributed by atoms with E-state index in [1.54, 1.807) is 12.1 Å². The van der Waals surface area contributed by atoms with Crippen LogP contribution >= 0.6 is 0 Å². The minimum absolute atomic E-state index is 0.0627. The van der Waals surface area contributed by atoms with Gasteiger partial charge in [0.15, 0.2) is 5.78 Å². The molecule has 3 aromatic rings. The molecule has 7 heteroatoms. The molecule has 0 aliphatic carbocycles. The van der Waals surface area contributed by atoms with Gasteiger partial charge in [-0.1, -0.05) is 18.2 Å². The molecule has 0 spiro atoms. The van der Waals surface area contributed by atoms with Gasteiger partial charge in [0, 0.05) is 34.9 Å². The van der Waals surface area contributed by atoms with Crippen molar-refractivity contribution in [2.24, 2.45) is 5.14 Å². The minimum atomic E-state index is -3.74. The molecule has 1 aromatic heterocycles. The number of primary sulfonamides is 1. The second kappa shape index (κ2) is 7.17. The van der Waals surface area contributed by atoms with Crippen LogP contribution in [0.25, 0.3) is 5.69 Å². The molecule has 0 bridgehead atoms. The summed E-state index contributed by atoms with van der Waals surface area (Å²) in [4.78, 5) is 15.3. The van der Waals surface area contributed by atoms with Gasteiger partial charge in [0.25, 0.3) is 0 Å². The molecule has 29 heavy (non-hydrogen) atoms. The molecule has 2 heterocycles. The Labute approximate surface area is 170 Å². The lowest BCUT2D eigenvalue weighted by Gasteiger charge is -2.18. The molecule has 2 aromatic carbocycles. The zero-order valence-electron chi connectivity index (χ0n) is 16.4. The zero-order valence-corrected chi connectivity index (χ0v) is 17.2. The number of anilines is 1. The maximum Gasteiger partial charge on any atom is 0.238 e. The summed E-state index contributed by atoms with van der Waals surface area (Å²) in [6.45, 7) is 5.03. The highest BCUT2D eigenvalue weighted by atomic mass is 32.2. The lowest BCUT2D eigenvalue weighted by atomic mass is 10.1. The molecular formula is C22H23N3O3S. The fourth-order valence-electron chi connectivity index (χ4n) is 4.06. The van der Waals surface area contributed by atoms with Gasteiger partial charge in [0.1, 0.15) is 0 Å². The van der Waals surface area contributed by atoms with Gasteiger partial charge in [-0.25, -0.2) is 13.6 Å². The third-order valence-electron chi connectivity index (χ3n) is 5.47. The Morgan fingerprint density at radius 1 is 1.07 bits per heavy atom. The van der Waals surface area contributed by atoms with Crippen molar-refractivity contribution < 1.29 is 13.2 Å². The molecule has 0 atom stereocenters. The standard InChI is InChI=1S/C22H23N3O3S/c1-15-13-20(22(26)14-24-12-11-17-5-3-4-6-21(17)24)16(2)25(15)18-7-9-19(10-8-18)29(23,27)28/h3-10,13H,11-12,14H2,1-2H3,(H2,23,27,28). The lowest BCUT2D eigenvalue weighted by Crippen LogP contribution is -2.28. The molecule has 0 radical (unpaired) electrons. The summed E-state index contributed by atoms with van der Waals surface area (Å²) in [6, 6.07) is 16.4. The number of carbonyl (C=O) groups is 1. The number of nitrogens with two attached hydrogens (primary N) is 1. The van der Waals surface area contributed by atoms with Gasteiger partial charge in [0.05, 0.1) is 11.4 Å². The Kier molecular flexibility index (Phi) is 4.80. The monoisotopic (exact) mass is 409 g/mol. The van der Waals surface area contributed by atoms with E-state index < -0.39 is 10.0 Å². The number of rotatable bonds is 5. The number of sulfonamides is 1. The van der Waals surface area contributed by atoms with Crippen molar-refractivity contribution in [3.05, 3.63) is 77.1 Å². The Balaban J connectivity index is 1.61. The number of fused-ring (bicyclic) bond motifs is 1. The molecule has 1 aliphatic rings. The minimum Gasteiger partial charge on any atom is -0.363 e. The first-order chi connectivity index (χ1) is 13.8. The number of hydrogen-bond donors (Lipinski definition) is 1. The van der Waals surface area contributed by atoms with E-state index in [0.717, 1.165) is 35.7 Å². The first-order valence-corrected chi connectivity index (χ1v) is 11.0. The first kappa shape index (κ1) is 19.4. The van der Waals surface area contributed by atoms with E-state index in [9.17, 15) is 13.2 Å². The molecule has 1 aliphatic heterocycles. The van der Waals surface area contributed by atoms with Crippen molar-refractivity contribution in [2.45, 2.75) is 25.2 Å². The number of nitrogens with zero attached hydrogens (tertiary/aromatic N) is 2. The largest absolute Gasteiger partial charge is 0.363 e. The van der Waals surface area contributed by atoms with E-state index in [1.807, 2.05) is 36.6 Å². The second-order valence-corrected chi connectivity index (χ2v) is 8.94. The highest BCUT2D eigenvalue weighted by molar-refractivity contribution is 7.89. The van der Waals surface area contributed by atoms with Crippen LogP contribution in [0.1, 0.15) is 27.3 Å². The Morgan fingerprint density at radius 2 is 1.76 bits per heavy atom. The number of benzene rings is 2. The van der Waals surface area contributed by atoms with Crippen LogP contribution in [0.2, 0.25) is 0 Å². The Bertz CT molecular complexity index is 1190. The fraction of sp³-hybridized carbons (Fsp3) is 0.227. The summed E-state index contributed by atoms with van der Waals surface area (Å²) in [7, 11) is -3.74. The molecule has 4 rings (SSSR count). The van der Waals surface area contributed by atoms with Crippen molar-refractivity contribution >= 4 is 21.5 Å². The summed E-state index contributed by atoms with van der Waals surface area (Å²) in [5.41, 5.74) is 5.63. The summed E-state index contributed by atoms with van der Waals surface area (Å²) >= 11 is 0. The molecule has 0 saturated heterocycles. The van der Waals surface area contributed by atoms with Gasteiger partial charge >= 0.3 is 0 Å². The maximum absolute atomic E-state index is 13.1. The summed E-state index contributed by atoms with van der Waals surface area (Å²) in [5, 5.41) is 5.18. The SMILES string of the molecule is Cc1cc(C(=O)CN2CCc3ccccc32)c(C)n1-c1ccc(S(N)(=O)=O)cc1. The Morgan fingerprint density at radius 3 is 2.45 bits per heavy atom. The number of aromatic nitrogens is 1. The van der Waals surface area contributed by atoms with Crippen LogP contribution < -0.4 is 10.0 Å². The molecule has 0 amide bonds. The smallest absolute Gasteiger partial charge is 0.238 e. The average molecular weight is 410 g/mol. The van der Waals surface area contributed by atoms with Crippen LogP contribution in [-0.4, -0.2) is 31.9 Å². The number of aryl methyl sites for hydroxylation is 1. The summed E-state index contributed by atoms with van der Waals surface area (Å²) < 4.78 is 24.9. The molecule has 0 fully saturated rings. The molecular weight excluding hydrogens is 386 g/mol. The average Bonchev–Trinajstić information content (AvgIpc) is 3.22. The number of carbonyl (C=O) groups excluding carboxylic acids is 1. The van der Waals surface area contributed by atoms with Crippen LogP contribution in [0.5, 0.6) is 0 Å². The predicted molar refractivity (Wildman–Crippen MR) is 113 cm³/mol. The van der Waals surface area contributed by atoms with Crippen LogP contribution in [0.4, 0.5) is 5.69 Å². The van der Waals surface area contributed by atoms with Crippen molar-refractivity contribution in [1.82, 2.24) is 4.57 Å². The predicted octanol–water partition coefficient (Wildman–Crippen LogP) is 2.99. The van der Waals surface area contributed by atoms with Gasteiger partial charge < -0.3 is 9.47 Å². The van der Waals surface area contributed by atoms with E-state index in [0.29, 0.717) is 12.1 Å². The zero-order chi connectivity index (χ0) is 20.8. The van der Waals surface area contributed by atoms with Crippen LogP contribution in [0.3, 0.4) is 0 Å². The lowest BCUT2D eigenvalue weighted by molar-refractivity contribution is 0.0999. The maximum atomic E-state index is 13.1. The van der Waals surface area contributed by atoms with Crippen LogP contribution in [0, 0.1) is 13.8 Å². The van der Waals surface area contributed by atoms with Gasteiger partial charge in [-0.3, -0.25) is 4.79 Å². The van der Waals surface area contributed by atoms with Crippen LogP contribution in [-0.2, 0) is 16.4 Å². The van der Waals surface area contributed by atoms with Gasteiger partial charge in [0.2, 0.25) is 10.0 Å². The molecule has 0 unspecified atom stereocenters. The first-order valence-electron chi connectivity index (χ1n) is 9.44. The molecule has 6 nitrogen and oxygen atoms in total. The van der Waals surface area contributed by atoms with Crippen molar-refractivity contribution in [2.75, 3.05) is 18.0 Å². The third-order valence-corrected chi connectivity index (χ3v) is 6.40. The normalized spacial score (nSPS) is 13.6. The quantitative estimate of drug-likeness (QED) is 0.657. The number of hydrogen-bond acceptors (Lipinski definition) is 4. The number of para-hydroxylation sites is 1. The van der Waals surface area contributed by atoms with Gasteiger partial charge in [-0.15, -0.1) is 0 Å². The summed E-state index contributed by atoms with van der Waals surface area (Å²) in [6.07, 6.45) is 0.957. The fourth-order valence-corrected chi connectivity index (χ4v) is 4.57. The second-order valence-electron chi connectivity index (χ2n) is 7.38. The molecule has 150 valence electrons. The van der Waals surface area contributed by atoms with E-state index in [4.69, 9.17) is 5.14 Å². The van der Waals surface area contributed by atoms with Gasteiger partial charge in [-0.05, 0) is 62.2 Å². The van der Waals surface area contributed by atoms with Crippen molar-refractivity contribution in [1.29, 1.82) is 0 Å². The highest BCUT2D eigenvalue weighted by Crippen LogP contribution is 2.28. The number of Topliss-reactive ketones (excluding diaryl/α,β-unsaturated/α-hetero) is 1. The summed E-state index contributed by atoms with van der Waals surface area (Å²) in [5.74, 6) is 0.0715. The van der Waals surface area contributed by atoms with Gasteiger partial charge in [-0.2, -0.15) is 0 Å². The highest BCUT2D eigenvalue weighted by Gasteiger charge is 2.23. The third kappa shape index (κ3) is 3.59. The molecule has 0 saturated carbocycles. The van der Waals surface area contributed by atoms with Crippen LogP contribution in [0.15, 0.2) is 59.5 Å². The van der Waals surface area contributed by atoms with Crippen molar-refractivity contribution in [3.63, 3.8) is 0 Å². The Hall–Kier alpha value is -2.90. The van der Waals surface area contributed by atoms with E-state index in [2.05, 4.69) is 17.0 Å². The van der Waals surface area contributed by atoms with E-state index in [-0.39, 0.29) is 10.7 Å². The topological polar surface area (TPSA) is 85.4 Å². The van der Waals surface area contributed by atoms with E-state index in [1.165, 1.54) is 17.7 Å². The van der Waals surface area contributed by atoms with Crippen molar-refractivity contribution in [3.8, 4) is 5.69 Å². The van der Waals surface area contributed by atoms with E-state index >= 15 is 0 Å².